The van der Waals surface area contributed by atoms with Gasteiger partial charge >= 0.3 is 5.97 Å². The van der Waals surface area contributed by atoms with Crippen molar-refractivity contribution in [1.29, 1.82) is 0 Å². The van der Waals surface area contributed by atoms with Crippen LogP contribution in [0.15, 0.2) is 18.2 Å². The number of ether oxygens (including phenoxy) is 1. The number of hydrogen-bond donors (Lipinski definition) is 2. The number of halogens is 1. The van der Waals surface area contributed by atoms with E-state index in [0.717, 1.165) is 31.7 Å². The minimum Gasteiger partial charge on any atom is -0.508 e. The summed E-state index contributed by atoms with van der Waals surface area (Å²) in [6.45, 7) is 0.331. The highest BCUT2D eigenvalue weighted by Gasteiger charge is 2.09. The standard InChI is InChI=1S/C13H17ClO4/c14-5-3-1-2-4-6-18-13(17)10-7-11(15)9-12(16)8-10/h7-9,15-16H,1-6H2. The zero-order valence-corrected chi connectivity index (χ0v) is 10.8. The number of aromatic hydroxyl groups is 2. The highest BCUT2D eigenvalue weighted by atomic mass is 35.5. The Morgan fingerprint density at radius 1 is 1.06 bits per heavy atom. The zero-order valence-electron chi connectivity index (χ0n) is 10.1. The molecule has 5 heteroatoms. The first-order valence-corrected chi connectivity index (χ1v) is 6.43. The molecule has 4 nitrogen and oxygen atoms in total. The van der Waals surface area contributed by atoms with Gasteiger partial charge in [-0.1, -0.05) is 12.8 Å². The molecule has 0 aliphatic carbocycles. The Bertz CT molecular complexity index is 372. The summed E-state index contributed by atoms with van der Waals surface area (Å²) in [5.74, 6) is -0.214. The van der Waals surface area contributed by atoms with Gasteiger partial charge in [0.05, 0.1) is 12.2 Å². The first-order valence-electron chi connectivity index (χ1n) is 5.89. The minimum atomic E-state index is -0.543. The van der Waals surface area contributed by atoms with Crippen LogP contribution in [0.25, 0.3) is 0 Å². The van der Waals surface area contributed by atoms with Crippen LogP contribution in [0.5, 0.6) is 11.5 Å². The number of rotatable bonds is 7. The monoisotopic (exact) mass is 272 g/mol. The normalized spacial score (nSPS) is 10.3. The topological polar surface area (TPSA) is 66.8 Å². The average Bonchev–Trinajstić information content (AvgIpc) is 2.32. The van der Waals surface area contributed by atoms with Crippen LogP contribution in [0.1, 0.15) is 36.0 Å². The molecule has 0 saturated heterocycles. The molecule has 1 rings (SSSR count). The molecule has 0 amide bonds. The molecule has 1 aromatic carbocycles. The molecule has 100 valence electrons. The van der Waals surface area contributed by atoms with E-state index in [1.807, 2.05) is 0 Å². The lowest BCUT2D eigenvalue weighted by atomic mass is 10.2. The van der Waals surface area contributed by atoms with Gasteiger partial charge in [0.2, 0.25) is 0 Å². The van der Waals surface area contributed by atoms with Crippen LogP contribution in [0.2, 0.25) is 0 Å². The van der Waals surface area contributed by atoms with Crippen LogP contribution in [0.3, 0.4) is 0 Å². The van der Waals surface area contributed by atoms with Gasteiger partial charge in [-0.2, -0.15) is 0 Å². The van der Waals surface area contributed by atoms with Crippen LogP contribution < -0.4 is 0 Å². The summed E-state index contributed by atoms with van der Waals surface area (Å²) in [7, 11) is 0. The number of phenolic OH excluding ortho intramolecular Hbond substituents is 2. The number of carbonyl (C=O) groups is 1. The number of unbranched alkanes of at least 4 members (excludes halogenated alkanes) is 3. The maximum absolute atomic E-state index is 11.6. The lowest BCUT2D eigenvalue weighted by molar-refractivity contribution is 0.0497. The lowest BCUT2D eigenvalue weighted by Gasteiger charge is -2.05. The van der Waals surface area contributed by atoms with Gasteiger partial charge < -0.3 is 14.9 Å². The van der Waals surface area contributed by atoms with Gasteiger partial charge in [-0.25, -0.2) is 4.79 Å². The summed E-state index contributed by atoms with van der Waals surface area (Å²) >= 11 is 5.54. The third kappa shape index (κ3) is 5.27. The van der Waals surface area contributed by atoms with Crippen molar-refractivity contribution in [2.45, 2.75) is 25.7 Å². The molecule has 0 atom stereocenters. The first-order chi connectivity index (χ1) is 8.63. The van der Waals surface area contributed by atoms with Crippen LogP contribution >= 0.6 is 11.6 Å². The van der Waals surface area contributed by atoms with Crippen molar-refractivity contribution in [3.05, 3.63) is 23.8 Å². The number of hydrogen-bond acceptors (Lipinski definition) is 4. The van der Waals surface area contributed by atoms with Crippen molar-refractivity contribution in [2.24, 2.45) is 0 Å². The van der Waals surface area contributed by atoms with Crippen LogP contribution in [-0.2, 0) is 4.74 Å². The average molecular weight is 273 g/mol. The predicted molar refractivity (Wildman–Crippen MR) is 69.2 cm³/mol. The summed E-state index contributed by atoms with van der Waals surface area (Å²) in [6, 6.07) is 3.67. The maximum atomic E-state index is 11.6. The highest BCUT2D eigenvalue weighted by Crippen LogP contribution is 2.20. The van der Waals surface area contributed by atoms with Gasteiger partial charge in [0, 0.05) is 11.9 Å². The van der Waals surface area contributed by atoms with Crippen LogP contribution in [0.4, 0.5) is 0 Å². The SMILES string of the molecule is O=C(OCCCCCCCl)c1cc(O)cc(O)c1. The molecule has 1 aromatic rings. The number of alkyl halides is 1. The fraction of sp³-hybridized carbons (Fsp3) is 0.462. The van der Waals surface area contributed by atoms with E-state index < -0.39 is 5.97 Å². The number of carbonyl (C=O) groups excluding carboxylic acids is 1. The summed E-state index contributed by atoms with van der Waals surface area (Å²) < 4.78 is 5.02. The summed E-state index contributed by atoms with van der Waals surface area (Å²) in [5.41, 5.74) is 0.147. The molecule has 0 unspecified atom stereocenters. The van der Waals surface area contributed by atoms with Gasteiger partial charge in [0.25, 0.3) is 0 Å². The Hall–Kier alpha value is -1.42. The predicted octanol–water partition coefficient (Wildman–Crippen LogP) is 3.05. The summed E-state index contributed by atoms with van der Waals surface area (Å²) in [5, 5.41) is 18.5. The van der Waals surface area contributed by atoms with E-state index in [4.69, 9.17) is 16.3 Å². The van der Waals surface area contributed by atoms with E-state index in [-0.39, 0.29) is 17.1 Å². The molecule has 18 heavy (non-hydrogen) atoms. The zero-order chi connectivity index (χ0) is 13.4. The minimum absolute atomic E-state index is 0.147. The van der Waals surface area contributed by atoms with Gasteiger partial charge in [-0.15, -0.1) is 11.6 Å². The van der Waals surface area contributed by atoms with Gasteiger partial charge in [-0.3, -0.25) is 0 Å². The third-order valence-electron chi connectivity index (χ3n) is 2.40. The van der Waals surface area contributed by atoms with Crippen LogP contribution in [0, 0.1) is 0 Å². The molecule has 0 saturated carbocycles. The quantitative estimate of drug-likeness (QED) is 0.455. The van der Waals surface area contributed by atoms with Crippen molar-refractivity contribution in [3.8, 4) is 11.5 Å². The van der Waals surface area contributed by atoms with E-state index in [1.165, 1.54) is 12.1 Å². The summed E-state index contributed by atoms with van der Waals surface area (Å²) in [6.07, 6.45) is 3.74. The van der Waals surface area contributed by atoms with E-state index in [0.29, 0.717) is 12.5 Å². The molecule has 0 fully saturated rings. The fourth-order valence-corrected chi connectivity index (χ4v) is 1.70. The van der Waals surface area contributed by atoms with E-state index in [2.05, 4.69) is 0 Å². The maximum Gasteiger partial charge on any atom is 0.338 e. The second-order valence-electron chi connectivity index (χ2n) is 3.98. The van der Waals surface area contributed by atoms with E-state index in [9.17, 15) is 15.0 Å². The molecule has 0 heterocycles. The third-order valence-corrected chi connectivity index (χ3v) is 2.67. The Morgan fingerprint density at radius 2 is 1.67 bits per heavy atom. The Kier molecular flexibility index (Phi) is 6.36. The second kappa shape index (κ2) is 7.82. The van der Waals surface area contributed by atoms with Gasteiger partial charge in [0.15, 0.2) is 0 Å². The molecule has 0 aliphatic rings. The van der Waals surface area contributed by atoms with Crippen molar-refractivity contribution >= 4 is 17.6 Å². The van der Waals surface area contributed by atoms with E-state index >= 15 is 0 Å². The molecule has 0 aromatic heterocycles. The fourth-order valence-electron chi connectivity index (χ4n) is 1.51. The van der Waals surface area contributed by atoms with Crippen LogP contribution in [-0.4, -0.2) is 28.7 Å². The Morgan fingerprint density at radius 3 is 2.28 bits per heavy atom. The second-order valence-corrected chi connectivity index (χ2v) is 4.36. The molecule has 2 N–H and O–H groups in total. The molecular weight excluding hydrogens is 256 g/mol. The largest absolute Gasteiger partial charge is 0.508 e. The van der Waals surface area contributed by atoms with Crippen molar-refractivity contribution in [2.75, 3.05) is 12.5 Å². The van der Waals surface area contributed by atoms with Crippen molar-refractivity contribution in [1.82, 2.24) is 0 Å². The first kappa shape index (κ1) is 14.6. The molecule has 0 aliphatic heterocycles. The van der Waals surface area contributed by atoms with Gasteiger partial charge in [-0.05, 0) is 25.0 Å². The number of phenols is 2. The highest BCUT2D eigenvalue weighted by molar-refractivity contribution is 6.17. The summed E-state index contributed by atoms with van der Waals surface area (Å²) in [4.78, 5) is 11.6. The Labute approximate surface area is 111 Å². The molecule has 0 spiro atoms. The molecule has 0 radical (unpaired) electrons. The van der Waals surface area contributed by atoms with Crippen molar-refractivity contribution < 1.29 is 19.7 Å². The number of esters is 1. The van der Waals surface area contributed by atoms with E-state index in [1.54, 1.807) is 0 Å². The number of benzene rings is 1. The molecule has 0 bridgehead atoms. The van der Waals surface area contributed by atoms with Gasteiger partial charge in [0.1, 0.15) is 11.5 Å². The lowest BCUT2D eigenvalue weighted by Crippen LogP contribution is -2.06. The molecular formula is C13H17ClO4. The Balaban J connectivity index is 2.32. The van der Waals surface area contributed by atoms with Crippen molar-refractivity contribution in [3.63, 3.8) is 0 Å². The smallest absolute Gasteiger partial charge is 0.338 e.